The minimum Gasteiger partial charge on any atom is -0.493 e. The Hall–Kier alpha value is -2.83. The Kier molecular flexibility index (Phi) is 4.08. The number of rotatable bonds is 1. The summed E-state index contributed by atoms with van der Waals surface area (Å²) in [5, 5.41) is 16.5. The lowest BCUT2D eigenvalue weighted by Crippen LogP contribution is -2.74. The number of methoxy groups -OCH3 is 1. The van der Waals surface area contributed by atoms with Crippen LogP contribution in [0, 0.1) is 0 Å². The summed E-state index contributed by atoms with van der Waals surface area (Å²) in [6, 6.07) is 11.5. The summed E-state index contributed by atoms with van der Waals surface area (Å²) in [6.45, 7) is 4.80. The van der Waals surface area contributed by atoms with E-state index in [0.29, 0.717) is 29.5 Å². The smallest absolute Gasteiger partial charge is 0.193 e. The van der Waals surface area contributed by atoms with E-state index in [-0.39, 0.29) is 11.5 Å². The molecule has 7 rings (SSSR count). The number of aromatic nitrogens is 1. The van der Waals surface area contributed by atoms with Gasteiger partial charge in [-0.1, -0.05) is 32.0 Å². The highest BCUT2D eigenvalue weighted by Gasteiger charge is 2.71. The van der Waals surface area contributed by atoms with Crippen molar-refractivity contribution >= 4 is 10.9 Å². The average molecular weight is 433 g/mol. The van der Waals surface area contributed by atoms with Crippen molar-refractivity contribution < 1.29 is 14.6 Å². The third-order valence-electron chi connectivity index (χ3n) is 7.99. The first-order valence-corrected chi connectivity index (χ1v) is 11.5. The van der Waals surface area contributed by atoms with E-state index in [1.54, 1.807) is 7.11 Å². The Balaban J connectivity index is 0.000000953. The lowest BCUT2D eigenvalue weighted by Gasteiger charge is -2.60. The molecule has 1 spiro atoms. The molecule has 0 radical (unpaired) electrons. The number of piperidine rings is 1. The molecule has 2 bridgehead atoms. The largest absolute Gasteiger partial charge is 0.493 e. The number of aromatic amines is 1. The predicted octanol–water partition coefficient (Wildman–Crippen LogP) is 3.14. The van der Waals surface area contributed by atoms with Gasteiger partial charge >= 0.3 is 0 Å². The van der Waals surface area contributed by atoms with E-state index in [4.69, 9.17) is 9.47 Å². The van der Waals surface area contributed by atoms with Crippen molar-refractivity contribution in [3.05, 3.63) is 69.0 Å². The molecule has 2 aliphatic carbocycles. The zero-order chi connectivity index (χ0) is 22.3. The van der Waals surface area contributed by atoms with Crippen LogP contribution in [0.4, 0.5) is 0 Å². The second-order valence-corrected chi connectivity index (χ2v) is 9.05. The van der Waals surface area contributed by atoms with Gasteiger partial charge in [-0.15, -0.1) is 0 Å². The molecule has 1 aromatic heterocycles. The van der Waals surface area contributed by atoms with Crippen molar-refractivity contribution in [1.29, 1.82) is 0 Å². The van der Waals surface area contributed by atoms with Gasteiger partial charge in [-0.3, -0.25) is 4.79 Å². The monoisotopic (exact) mass is 432 g/mol. The van der Waals surface area contributed by atoms with Crippen LogP contribution in [-0.2, 0) is 18.3 Å². The number of fused-ring (bicyclic) bond motifs is 3. The maximum atomic E-state index is 13.5. The fourth-order valence-electron chi connectivity index (χ4n) is 6.74. The minimum atomic E-state index is -1.09. The fraction of sp³-hybridized carbons (Fsp3) is 0.423. The lowest BCUT2D eigenvalue weighted by atomic mass is 9.49. The van der Waals surface area contributed by atoms with E-state index in [1.807, 2.05) is 44.2 Å². The van der Waals surface area contributed by atoms with E-state index in [2.05, 4.69) is 16.4 Å². The maximum Gasteiger partial charge on any atom is 0.193 e. The molecule has 2 aliphatic heterocycles. The Bertz CT molecular complexity index is 1320. The molecule has 3 heterocycles. The third kappa shape index (κ3) is 2.10. The number of ether oxygens (including phenoxy) is 2. The van der Waals surface area contributed by atoms with E-state index < -0.39 is 17.1 Å². The topological polar surface area (TPSA) is 83.6 Å². The molecule has 1 saturated heterocycles. The number of nitrogens with one attached hydrogen (secondary N) is 2. The highest BCUT2D eigenvalue weighted by Crippen LogP contribution is 2.67. The van der Waals surface area contributed by atoms with Crippen molar-refractivity contribution in [2.75, 3.05) is 13.7 Å². The van der Waals surface area contributed by atoms with Gasteiger partial charge in [0.2, 0.25) is 0 Å². The summed E-state index contributed by atoms with van der Waals surface area (Å²) in [7, 11) is 1.64. The zero-order valence-corrected chi connectivity index (χ0v) is 18.6. The Morgan fingerprint density at radius 3 is 2.81 bits per heavy atom. The van der Waals surface area contributed by atoms with Crippen LogP contribution >= 0.6 is 0 Å². The van der Waals surface area contributed by atoms with Crippen molar-refractivity contribution in [2.45, 2.75) is 56.3 Å². The summed E-state index contributed by atoms with van der Waals surface area (Å²) in [5.74, 6) is 1.40. The molecule has 4 aliphatic rings. The van der Waals surface area contributed by atoms with Crippen LogP contribution in [0.25, 0.3) is 10.9 Å². The Labute approximate surface area is 186 Å². The van der Waals surface area contributed by atoms with Gasteiger partial charge in [-0.2, -0.15) is 0 Å². The number of pyridine rings is 1. The lowest BCUT2D eigenvalue weighted by molar-refractivity contribution is -0.134. The summed E-state index contributed by atoms with van der Waals surface area (Å²) in [4.78, 5) is 17.0. The number of hydrogen-bond donors (Lipinski definition) is 3. The van der Waals surface area contributed by atoms with Gasteiger partial charge in [0.25, 0.3) is 0 Å². The zero-order valence-electron chi connectivity index (χ0n) is 18.6. The fourth-order valence-corrected chi connectivity index (χ4v) is 6.74. The van der Waals surface area contributed by atoms with Crippen molar-refractivity contribution in [3.63, 3.8) is 0 Å². The molecule has 2 unspecified atom stereocenters. The van der Waals surface area contributed by atoms with Crippen molar-refractivity contribution in [1.82, 2.24) is 10.3 Å². The van der Waals surface area contributed by atoms with Crippen LogP contribution in [0.1, 0.15) is 48.8 Å². The Morgan fingerprint density at radius 2 is 2.00 bits per heavy atom. The first-order valence-electron chi connectivity index (χ1n) is 11.5. The van der Waals surface area contributed by atoms with Gasteiger partial charge in [0.05, 0.1) is 23.8 Å². The van der Waals surface area contributed by atoms with E-state index >= 15 is 0 Å². The summed E-state index contributed by atoms with van der Waals surface area (Å²) >= 11 is 0. The summed E-state index contributed by atoms with van der Waals surface area (Å²) in [6.07, 6.45) is 1.32. The summed E-state index contributed by atoms with van der Waals surface area (Å²) in [5.41, 5.74) is 2.81. The first-order chi connectivity index (χ1) is 15.6. The predicted molar refractivity (Wildman–Crippen MR) is 123 cm³/mol. The van der Waals surface area contributed by atoms with Crippen LogP contribution in [0.5, 0.6) is 11.5 Å². The van der Waals surface area contributed by atoms with Gasteiger partial charge < -0.3 is 24.9 Å². The van der Waals surface area contributed by atoms with Crippen LogP contribution in [0.15, 0.2) is 41.2 Å². The number of para-hydroxylation sites is 1. The number of H-pyrrole nitrogens is 1. The third-order valence-corrected chi connectivity index (χ3v) is 7.99. The molecule has 166 valence electrons. The van der Waals surface area contributed by atoms with Crippen molar-refractivity contribution in [2.24, 2.45) is 0 Å². The average Bonchev–Trinajstić information content (AvgIpc) is 3.16. The molecular formula is C26H28N2O4. The SMILES string of the molecule is CC.COc1ccc2c3c1OC1c4[nH]c5ccccc5c(=O)c4CC4(O)[C@@H](C2)NCC[C@]314. The van der Waals surface area contributed by atoms with Gasteiger partial charge in [0.1, 0.15) is 0 Å². The molecule has 6 nitrogen and oxygen atoms in total. The second kappa shape index (κ2) is 6.59. The highest BCUT2D eigenvalue weighted by atomic mass is 16.5. The normalized spacial score (nSPS) is 30.5. The molecule has 3 N–H and O–H groups in total. The number of hydrogen-bond acceptors (Lipinski definition) is 5. The van der Waals surface area contributed by atoms with E-state index in [9.17, 15) is 9.90 Å². The van der Waals surface area contributed by atoms with Gasteiger partial charge in [-0.05, 0) is 43.1 Å². The van der Waals surface area contributed by atoms with Gasteiger partial charge in [0, 0.05) is 34.5 Å². The standard InChI is InChI=1S/C24H22N2O4.C2H6/c1-29-16-7-6-12-10-17-24(28)11-14-19(26-15-5-3-2-4-13(15)20(14)27)22-23(24,8-9-25-17)18(12)21(16)30-22;1-2/h2-7,17,22,25,28H,8-11H2,1H3,(H,26,27);1-2H3/t17-,22?,23+,24?;/m1./s1. The molecular weight excluding hydrogens is 404 g/mol. The molecule has 3 aromatic rings. The van der Waals surface area contributed by atoms with Gasteiger partial charge in [-0.25, -0.2) is 0 Å². The molecule has 4 atom stereocenters. The van der Waals surface area contributed by atoms with Crippen LogP contribution < -0.4 is 20.2 Å². The molecule has 0 saturated carbocycles. The molecule has 6 heteroatoms. The highest BCUT2D eigenvalue weighted by molar-refractivity contribution is 5.80. The maximum absolute atomic E-state index is 13.5. The Morgan fingerprint density at radius 1 is 1.19 bits per heavy atom. The van der Waals surface area contributed by atoms with E-state index in [0.717, 1.165) is 35.5 Å². The first kappa shape index (κ1) is 19.8. The van der Waals surface area contributed by atoms with E-state index in [1.165, 1.54) is 5.56 Å². The second-order valence-electron chi connectivity index (χ2n) is 9.05. The van der Waals surface area contributed by atoms with Gasteiger partial charge in [0.15, 0.2) is 23.0 Å². The van der Waals surface area contributed by atoms with Crippen LogP contribution in [0.3, 0.4) is 0 Å². The molecule has 2 aromatic carbocycles. The molecule has 1 fully saturated rings. The molecule has 0 amide bonds. The van der Waals surface area contributed by atoms with Crippen LogP contribution in [-0.4, -0.2) is 35.4 Å². The van der Waals surface area contributed by atoms with Crippen LogP contribution in [0.2, 0.25) is 0 Å². The van der Waals surface area contributed by atoms with Crippen molar-refractivity contribution in [3.8, 4) is 11.5 Å². The molecule has 32 heavy (non-hydrogen) atoms. The number of benzene rings is 2. The minimum absolute atomic E-state index is 0.0157. The number of aliphatic hydroxyl groups is 1. The summed E-state index contributed by atoms with van der Waals surface area (Å²) < 4.78 is 12.2. The quantitative estimate of drug-likeness (QED) is 0.550.